The minimum atomic E-state index is -3.94. The van der Waals surface area contributed by atoms with E-state index in [4.69, 9.17) is 0 Å². The first-order valence-electron chi connectivity index (χ1n) is 4.32. The highest BCUT2D eigenvalue weighted by Crippen LogP contribution is 2.03. The molecule has 3 N–H and O–H groups in total. The third-order valence-corrected chi connectivity index (χ3v) is 3.34. The van der Waals surface area contributed by atoms with E-state index in [-0.39, 0.29) is 12.2 Å². The number of nitrogens with one attached hydrogen (secondary N) is 3. The number of hydrogen-bond donors (Lipinski definition) is 3. The summed E-state index contributed by atoms with van der Waals surface area (Å²) in [4.78, 5) is 25.8. The van der Waals surface area contributed by atoms with E-state index in [9.17, 15) is 18.0 Å². The van der Waals surface area contributed by atoms with Crippen LogP contribution >= 0.6 is 0 Å². The first-order valence-corrected chi connectivity index (χ1v) is 5.80. The molecule has 0 aliphatic carbocycles. The summed E-state index contributed by atoms with van der Waals surface area (Å²) in [6.07, 6.45) is 1.34. The van der Waals surface area contributed by atoms with Crippen LogP contribution in [0.5, 0.6) is 0 Å². The van der Waals surface area contributed by atoms with Crippen LogP contribution in [0.15, 0.2) is 27.1 Å². The van der Waals surface area contributed by atoms with Gasteiger partial charge in [0.05, 0.1) is 0 Å². The van der Waals surface area contributed by atoms with Crippen LogP contribution in [-0.4, -0.2) is 24.9 Å². The van der Waals surface area contributed by atoms with Gasteiger partial charge in [-0.3, -0.25) is 9.78 Å². The topological polar surface area (TPSA) is 112 Å². The molecule has 0 unspecified atom stereocenters. The summed E-state index contributed by atoms with van der Waals surface area (Å²) in [5.41, 5.74) is -1.70. The number of sulfonamides is 1. The summed E-state index contributed by atoms with van der Waals surface area (Å²) in [7, 11) is -3.94. The molecule has 0 aliphatic heterocycles. The van der Waals surface area contributed by atoms with Gasteiger partial charge in [0.1, 0.15) is 0 Å². The Labute approximate surface area is 91.3 Å². The lowest BCUT2D eigenvalue weighted by molar-refractivity contribution is 0.582. The summed E-state index contributed by atoms with van der Waals surface area (Å²) >= 11 is 0. The van der Waals surface area contributed by atoms with Gasteiger partial charge in [0.15, 0.2) is 4.90 Å². The van der Waals surface area contributed by atoms with Gasteiger partial charge in [-0.1, -0.05) is 6.08 Å². The summed E-state index contributed by atoms with van der Waals surface area (Å²) in [5, 5.41) is 0. The van der Waals surface area contributed by atoms with Crippen LogP contribution in [0.2, 0.25) is 0 Å². The van der Waals surface area contributed by atoms with Crippen molar-refractivity contribution < 1.29 is 8.42 Å². The molecule has 16 heavy (non-hydrogen) atoms. The number of rotatable bonds is 4. The Kier molecular flexibility index (Phi) is 3.45. The molecule has 8 heteroatoms. The zero-order valence-electron chi connectivity index (χ0n) is 8.53. The number of aromatic nitrogens is 2. The van der Waals surface area contributed by atoms with Crippen molar-refractivity contribution in [1.82, 2.24) is 14.7 Å². The lowest BCUT2D eigenvalue weighted by Gasteiger charge is -2.05. The summed E-state index contributed by atoms with van der Waals surface area (Å²) in [6.45, 7) is 4.68. The largest absolute Gasteiger partial charge is 0.325 e. The molecule has 1 aromatic heterocycles. The van der Waals surface area contributed by atoms with E-state index in [1.54, 1.807) is 0 Å². The zero-order chi connectivity index (χ0) is 12.3. The molecular weight excluding hydrogens is 234 g/mol. The second-order valence-electron chi connectivity index (χ2n) is 3.00. The maximum atomic E-state index is 11.6. The lowest BCUT2D eigenvalue weighted by Crippen LogP contribution is -2.34. The Bertz CT molecular complexity index is 611. The molecule has 0 radical (unpaired) electrons. The van der Waals surface area contributed by atoms with Crippen LogP contribution in [0, 0.1) is 6.92 Å². The van der Waals surface area contributed by atoms with E-state index in [1.165, 1.54) is 13.0 Å². The van der Waals surface area contributed by atoms with Crippen LogP contribution in [0.25, 0.3) is 0 Å². The fourth-order valence-electron chi connectivity index (χ4n) is 1.15. The van der Waals surface area contributed by atoms with Gasteiger partial charge >= 0.3 is 5.69 Å². The van der Waals surface area contributed by atoms with E-state index in [0.29, 0.717) is 0 Å². The molecule has 1 heterocycles. The smallest absolute Gasteiger partial charge is 0.310 e. The standard InChI is InChI=1S/C8H11N3O4S/c1-3-4-9-16(14,15)6-5(2)10-8(13)11-7(6)12/h3,9H,1,4H2,2H3,(H2,10,11,12,13). The molecule has 1 aromatic rings. The number of aromatic amines is 2. The Hall–Kier alpha value is -1.67. The van der Waals surface area contributed by atoms with E-state index in [1.807, 2.05) is 4.98 Å². The molecule has 0 spiro atoms. The van der Waals surface area contributed by atoms with E-state index in [2.05, 4.69) is 16.3 Å². The molecule has 88 valence electrons. The minimum absolute atomic E-state index is 0.000337. The van der Waals surface area contributed by atoms with Crippen molar-refractivity contribution in [3.63, 3.8) is 0 Å². The van der Waals surface area contributed by atoms with Gasteiger partial charge in [0.25, 0.3) is 5.56 Å². The lowest BCUT2D eigenvalue weighted by atomic mass is 10.4. The molecule has 0 aliphatic rings. The van der Waals surface area contributed by atoms with Crippen molar-refractivity contribution in [3.05, 3.63) is 39.2 Å². The van der Waals surface area contributed by atoms with Gasteiger partial charge in [0.2, 0.25) is 10.0 Å². The highest BCUT2D eigenvalue weighted by Gasteiger charge is 2.20. The van der Waals surface area contributed by atoms with Crippen LogP contribution in [0.1, 0.15) is 5.69 Å². The van der Waals surface area contributed by atoms with Gasteiger partial charge in [-0.25, -0.2) is 17.9 Å². The Morgan fingerprint density at radius 3 is 2.50 bits per heavy atom. The van der Waals surface area contributed by atoms with Gasteiger partial charge in [0, 0.05) is 12.2 Å². The summed E-state index contributed by atoms with van der Waals surface area (Å²) in [6, 6.07) is 0. The molecule has 0 amide bonds. The second kappa shape index (κ2) is 4.45. The van der Waals surface area contributed by atoms with E-state index in [0.717, 1.165) is 0 Å². The minimum Gasteiger partial charge on any atom is -0.310 e. The Balaban J connectivity index is 3.39. The first-order chi connectivity index (χ1) is 7.38. The van der Waals surface area contributed by atoms with Crippen LogP contribution in [0.3, 0.4) is 0 Å². The molecule has 7 nitrogen and oxygen atoms in total. The first kappa shape index (κ1) is 12.4. The van der Waals surface area contributed by atoms with E-state index < -0.39 is 26.2 Å². The average Bonchev–Trinajstić information content (AvgIpc) is 2.12. The highest BCUT2D eigenvalue weighted by atomic mass is 32.2. The van der Waals surface area contributed by atoms with Gasteiger partial charge < -0.3 is 4.98 Å². The van der Waals surface area contributed by atoms with Crippen molar-refractivity contribution in [2.75, 3.05) is 6.54 Å². The fraction of sp³-hybridized carbons (Fsp3) is 0.250. The quantitative estimate of drug-likeness (QED) is 0.580. The van der Waals surface area contributed by atoms with Crippen LogP contribution in [0.4, 0.5) is 0 Å². The van der Waals surface area contributed by atoms with Gasteiger partial charge in [-0.15, -0.1) is 6.58 Å². The predicted molar refractivity (Wildman–Crippen MR) is 57.8 cm³/mol. The zero-order valence-corrected chi connectivity index (χ0v) is 9.35. The fourth-order valence-corrected chi connectivity index (χ4v) is 2.38. The third kappa shape index (κ3) is 2.47. The third-order valence-electron chi connectivity index (χ3n) is 1.76. The number of H-pyrrole nitrogens is 2. The van der Waals surface area contributed by atoms with Crippen molar-refractivity contribution in [1.29, 1.82) is 0 Å². The van der Waals surface area contributed by atoms with E-state index >= 15 is 0 Å². The molecular formula is C8H11N3O4S. The summed E-state index contributed by atoms with van der Waals surface area (Å²) < 4.78 is 25.4. The maximum Gasteiger partial charge on any atom is 0.325 e. The summed E-state index contributed by atoms with van der Waals surface area (Å²) in [5.74, 6) is 0. The number of hydrogen-bond acceptors (Lipinski definition) is 4. The average molecular weight is 245 g/mol. The van der Waals surface area contributed by atoms with Crippen molar-refractivity contribution >= 4 is 10.0 Å². The monoisotopic (exact) mass is 245 g/mol. The highest BCUT2D eigenvalue weighted by molar-refractivity contribution is 7.89. The predicted octanol–water partition coefficient (Wildman–Crippen LogP) is -1.16. The van der Waals surface area contributed by atoms with Crippen molar-refractivity contribution in [3.8, 4) is 0 Å². The molecule has 0 bridgehead atoms. The van der Waals surface area contributed by atoms with Gasteiger partial charge in [-0.05, 0) is 6.92 Å². The van der Waals surface area contributed by atoms with Crippen molar-refractivity contribution in [2.45, 2.75) is 11.8 Å². The normalized spacial score (nSPS) is 11.3. The molecule has 0 saturated heterocycles. The van der Waals surface area contributed by atoms with Crippen molar-refractivity contribution in [2.24, 2.45) is 0 Å². The second-order valence-corrected chi connectivity index (χ2v) is 4.71. The Morgan fingerprint density at radius 2 is 2.00 bits per heavy atom. The maximum absolute atomic E-state index is 11.6. The molecule has 0 atom stereocenters. The SMILES string of the molecule is C=CCNS(=O)(=O)c1c(C)[nH]c(=O)[nH]c1=O. The molecule has 1 rings (SSSR count). The van der Waals surface area contributed by atoms with Gasteiger partial charge in [-0.2, -0.15) is 0 Å². The molecule has 0 saturated carbocycles. The van der Waals surface area contributed by atoms with Crippen LogP contribution in [-0.2, 0) is 10.0 Å². The molecule has 0 aromatic carbocycles. The number of aryl methyl sites for hydroxylation is 1. The Morgan fingerprint density at radius 1 is 1.38 bits per heavy atom. The van der Waals surface area contributed by atoms with Crippen LogP contribution < -0.4 is 16.0 Å². The molecule has 0 fully saturated rings.